The largest absolute Gasteiger partial charge is 0.357 e. The van der Waals surface area contributed by atoms with Gasteiger partial charge in [-0.3, -0.25) is 0 Å². The minimum atomic E-state index is -3.14. The molecule has 124 valence electrons. The van der Waals surface area contributed by atoms with Gasteiger partial charge in [0, 0.05) is 24.4 Å². The average Bonchev–Trinajstić information content (AvgIpc) is 2.42. The zero-order valence-corrected chi connectivity index (χ0v) is 15.1. The number of nitrogens with one attached hydrogen (secondary N) is 2. The Labute approximate surface area is 138 Å². The lowest BCUT2D eigenvalue weighted by atomic mass is 10.2. The molecule has 0 heterocycles. The maximum atomic E-state index is 11.7. The molecule has 0 bridgehead atoms. The number of benzene rings is 1. The van der Waals surface area contributed by atoms with E-state index in [2.05, 4.69) is 15.6 Å². The van der Waals surface area contributed by atoms with Crippen LogP contribution in [0.25, 0.3) is 0 Å². The molecule has 0 unspecified atom stereocenters. The van der Waals surface area contributed by atoms with E-state index in [-0.39, 0.29) is 6.54 Å². The molecule has 1 aromatic carbocycles. The normalized spacial score (nSPS) is 13.0. The first-order chi connectivity index (χ1) is 10.2. The number of rotatable bonds is 6. The van der Waals surface area contributed by atoms with Crippen molar-refractivity contribution in [2.75, 3.05) is 19.3 Å². The first kappa shape index (κ1) is 18.8. The molecule has 0 fully saturated rings. The molecule has 22 heavy (non-hydrogen) atoms. The summed E-state index contributed by atoms with van der Waals surface area (Å²) in [5.74, 6) is 0.592. The lowest BCUT2D eigenvalue weighted by molar-refractivity contribution is 0.544. The number of guanidine groups is 1. The summed E-state index contributed by atoms with van der Waals surface area (Å²) in [6, 6.07) is 7.46. The van der Waals surface area contributed by atoms with Gasteiger partial charge >= 0.3 is 0 Å². The Morgan fingerprint density at radius 1 is 1.23 bits per heavy atom. The van der Waals surface area contributed by atoms with E-state index in [1.54, 1.807) is 13.8 Å². The molecule has 0 aliphatic carbocycles. The molecule has 0 spiro atoms. The second kappa shape index (κ2) is 7.83. The Balaban J connectivity index is 2.72. The smallest absolute Gasteiger partial charge is 0.191 e. The van der Waals surface area contributed by atoms with E-state index in [1.807, 2.05) is 31.2 Å². The summed E-state index contributed by atoms with van der Waals surface area (Å²) < 4.78 is 22.6. The van der Waals surface area contributed by atoms with Crippen molar-refractivity contribution in [3.05, 3.63) is 34.9 Å². The van der Waals surface area contributed by atoms with Crippen LogP contribution in [0.2, 0.25) is 5.02 Å². The second-order valence-corrected chi connectivity index (χ2v) is 8.79. The molecule has 0 aliphatic rings. The SMILES string of the molecule is CCNC(=NCc1ccc(Cl)cc1)NCC(C)(C)S(C)(=O)=O. The Hall–Kier alpha value is -1.27. The van der Waals surface area contributed by atoms with Gasteiger partial charge in [-0.15, -0.1) is 0 Å². The molecule has 0 amide bonds. The molecule has 0 saturated carbocycles. The Morgan fingerprint density at radius 2 is 1.82 bits per heavy atom. The van der Waals surface area contributed by atoms with E-state index in [4.69, 9.17) is 11.6 Å². The van der Waals surface area contributed by atoms with Crippen LogP contribution >= 0.6 is 11.6 Å². The zero-order valence-electron chi connectivity index (χ0n) is 13.5. The first-order valence-electron chi connectivity index (χ1n) is 7.12. The fraction of sp³-hybridized carbons (Fsp3) is 0.533. The summed E-state index contributed by atoms with van der Waals surface area (Å²) in [7, 11) is -3.14. The van der Waals surface area contributed by atoms with Crippen LogP contribution in [-0.4, -0.2) is 38.5 Å². The van der Waals surface area contributed by atoms with Crippen LogP contribution in [0.1, 0.15) is 26.3 Å². The molecule has 7 heteroatoms. The molecular weight excluding hydrogens is 322 g/mol. The summed E-state index contributed by atoms with van der Waals surface area (Å²) in [5.41, 5.74) is 1.03. The average molecular weight is 346 g/mol. The van der Waals surface area contributed by atoms with E-state index in [0.717, 1.165) is 5.56 Å². The fourth-order valence-electron chi connectivity index (χ4n) is 1.53. The molecule has 0 saturated heterocycles. The third-order valence-electron chi connectivity index (χ3n) is 3.36. The number of halogens is 1. The Kier molecular flexibility index (Phi) is 6.68. The van der Waals surface area contributed by atoms with Gasteiger partial charge < -0.3 is 10.6 Å². The van der Waals surface area contributed by atoms with Crippen molar-refractivity contribution in [2.24, 2.45) is 4.99 Å². The van der Waals surface area contributed by atoms with E-state index in [0.29, 0.717) is 24.1 Å². The highest BCUT2D eigenvalue weighted by molar-refractivity contribution is 7.92. The van der Waals surface area contributed by atoms with Crippen molar-refractivity contribution in [2.45, 2.75) is 32.1 Å². The van der Waals surface area contributed by atoms with Gasteiger partial charge in [0.05, 0.1) is 11.3 Å². The van der Waals surface area contributed by atoms with Gasteiger partial charge in [0.2, 0.25) is 0 Å². The van der Waals surface area contributed by atoms with E-state index in [9.17, 15) is 8.42 Å². The fourth-order valence-corrected chi connectivity index (χ4v) is 1.99. The minimum absolute atomic E-state index is 0.290. The lowest BCUT2D eigenvalue weighted by Gasteiger charge is -2.24. The van der Waals surface area contributed by atoms with Crippen LogP contribution in [0.4, 0.5) is 0 Å². The van der Waals surface area contributed by atoms with Crippen LogP contribution in [0.3, 0.4) is 0 Å². The highest BCUT2D eigenvalue weighted by Crippen LogP contribution is 2.13. The number of sulfone groups is 1. The van der Waals surface area contributed by atoms with E-state index in [1.165, 1.54) is 6.26 Å². The number of nitrogens with zero attached hydrogens (tertiary/aromatic N) is 1. The molecule has 0 aliphatic heterocycles. The number of hydrogen-bond donors (Lipinski definition) is 2. The monoisotopic (exact) mass is 345 g/mol. The van der Waals surface area contributed by atoms with E-state index >= 15 is 0 Å². The predicted octanol–water partition coefficient (Wildman–Crippen LogP) is 2.22. The molecule has 2 N–H and O–H groups in total. The van der Waals surface area contributed by atoms with Crippen LogP contribution in [0, 0.1) is 0 Å². The maximum Gasteiger partial charge on any atom is 0.191 e. The van der Waals surface area contributed by atoms with Gasteiger partial charge in [0.25, 0.3) is 0 Å². The van der Waals surface area contributed by atoms with Gasteiger partial charge in [-0.1, -0.05) is 23.7 Å². The molecule has 5 nitrogen and oxygen atoms in total. The zero-order chi connectivity index (χ0) is 16.8. The summed E-state index contributed by atoms with van der Waals surface area (Å²) in [6.07, 6.45) is 1.24. The van der Waals surface area contributed by atoms with Crippen LogP contribution in [0.15, 0.2) is 29.3 Å². The van der Waals surface area contributed by atoms with Crippen LogP contribution in [0.5, 0.6) is 0 Å². The third-order valence-corrected chi connectivity index (χ3v) is 5.77. The van der Waals surface area contributed by atoms with Crippen molar-refractivity contribution in [3.8, 4) is 0 Å². The molecular formula is C15H24ClN3O2S. The third kappa shape index (κ3) is 5.85. The second-order valence-electron chi connectivity index (χ2n) is 5.71. The summed E-state index contributed by atoms with van der Waals surface area (Å²) >= 11 is 5.85. The molecule has 1 aromatic rings. The van der Waals surface area contributed by atoms with Crippen molar-refractivity contribution in [1.82, 2.24) is 10.6 Å². The molecule has 0 atom stereocenters. The van der Waals surface area contributed by atoms with Crippen molar-refractivity contribution in [1.29, 1.82) is 0 Å². The molecule has 1 rings (SSSR count). The topological polar surface area (TPSA) is 70.6 Å². The number of hydrogen-bond acceptors (Lipinski definition) is 3. The highest BCUT2D eigenvalue weighted by atomic mass is 35.5. The quantitative estimate of drug-likeness (QED) is 0.612. The summed E-state index contributed by atoms with van der Waals surface area (Å²) in [6.45, 7) is 6.83. The standard InChI is InChI=1S/C15H24ClN3O2S/c1-5-17-14(19-11-15(2,3)22(4,20)21)18-10-12-6-8-13(16)9-7-12/h6-9H,5,10-11H2,1-4H3,(H2,17,18,19). The highest BCUT2D eigenvalue weighted by Gasteiger charge is 2.30. The van der Waals surface area contributed by atoms with Crippen LogP contribution < -0.4 is 10.6 Å². The molecule has 0 aromatic heterocycles. The number of aliphatic imine (C=N–C) groups is 1. The Bertz CT molecular complexity index is 610. The van der Waals surface area contributed by atoms with Gasteiger partial charge in [-0.05, 0) is 38.5 Å². The molecule has 0 radical (unpaired) electrons. The first-order valence-corrected chi connectivity index (χ1v) is 9.39. The van der Waals surface area contributed by atoms with Gasteiger partial charge in [0.15, 0.2) is 15.8 Å². The summed E-state index contributed by atoms with van der Waals surface area (Å²) in [4.78, 5) is 4.46. The van der Waals surface area contributed by atoms with Crippen molar-refractivity contribution in [3.63, 3.8) is 0 Å². The maximum absolute atomic E-state index is 11.7. The minimum Gasteiger partial charge on any atom is -0.357 e. The van der Waals surface area contributed by atoms with Gasteiger partial charge in [-0.2, -0.15) is 0 Å². The van der Waals surface area contributed by atoms with Crippen LogP contribution in [-0.2, 0) is 16.4 Å². The lowest BCUT2D eigenvalue weighted by Crippen LogP contribution is -2.47. The van der Waals surface area contributed by atoms with Crippen molar-refractivity contribution >= 4 is 27.4 Å². The van der Waals surface area contributed by atoms with Crippen molar-refractivity contribution < 1.29 is 8.42 Å². The van der Waals surface area contributed by atoms with Gasteiger partial charge in [0.1, 0.15) is 0 Å². The summed E-state index contributed by atoms with van der Waals surface area (Å²) in [5, 5.41) is 6.88. The predicted molar refractivity (Wildman–Crippen MR) is 93.2 cm³/mol. The van der Waals surface area contributed by atoms with Gasteiger partial charge in [-0.25, -0.2) is 13.4 Å². The Morgan fingerprint density at radius 3 is 2.32 bits per heavy atom. The van der Waals surface area contributed by atoms with E-state index < -0.39 is 14.6 Å².